The number of methoxy groups -OCH3 is 2. The molecule has 2 N–H and O–H groups in total. The van der Waals surface area contributed by atoms with E-state index in [0.29, 0.717) is 11.3 Å². The van der Waals surface area contributed by atoms with E-state index in [-0.39, 0.29) is 23.8 Å². The number of amides is 1. The van der Waals surface area contributed by atoms with E-state index in [1.54, 1.807) is 12.1 Å². The summed E-state index contributed by atoms with van der Waals surface area (Å²) in [6, 6.07) is 11.4. The molecule has 7 nitrogen and oxygen atoms in total. The van der Waals surface area contributed by atoms with Crippen molar-refractivity contribution in [2.24, 2.45) is 0 Å². The van der Waals surface area contributed by atoms with Gasteiger partial charge in [0.05, 0.1) is 31.7 Å². The number of ether oxygens (including phenoxy) is 3. The lowest BCUT2D eigenvalue weighted by Gasteiger charge is -2.20. The molecule has 2 rings (SSSR count). The molecule has 0 aliphatic carbocycles. The highest BCUT2D eigenvalue weighted by Crippen LogP contribution is 2.40. The second-order valence-electron chi connectivity index (χ2n) is 5.56. The highest BCUT2D eigenvalue weighted by molar-refractivity contribution is 6.33. The molecule has 2 aromatic rings. The molecule has 0 spiro atoms. The molecule has 0 aliphatic rings. The van der Waals surface area contributed by atoms with Crippen LogP contribution >= 0.6 is 11.6 Å². The van der Waals surface area contributed by atoms with Crippen molar-refractivity contribution in [1.29, 1.82) is 0 Å². The van der Waals surface area contributed by atoms with E-state index < -0.39 is 18.1 Å². The molecule has 0 bridgehead atoms. The van der Waals surface area contributed by atoms with E-state index in [9.17, 15) is 14.7 Å². The van der Waals surface area contributed by atoms with Gasteiger partial charge in [-0.05, 0) is 17.2 Å². The van der Waals surface area contributed by atoms with E-state index in [0.717, 1.165) is 5.56 Å². The Morgan fingerprint density at radius 1 is 1.11 bits per heavy atom. The molecule has 1 atom stereocenters. The number of carboxylic acids is 1. The van der Waals surface area contributed by atoms with Gasteiger partial charge in [-0.2, -0.15) is 0 Å². The minimum Gasteiger partial charge on any atom is -0.493 e. The molecule has 8 heteroatoms. The summed E-state index contributed by atoms with van der Waals surface area (Å²) in [4.78, 5) is 23.4. The van der Waals surface area contributed by atoms with Crippen LogP contribution in [-0.2, 0) is 16.1 Å². The maximum absolute atomic E-state index is 12.1. The number of hydrogen-bond donors (Lipinski definition) is 2. The third kappa shape index (κ3) is 5.52. The zero-order valence-corrected chi connectivity index (χ0v) is 15.7. The number of alkyl carbamates (subject to hydrolysis) is 1. The summed E-state index contributed by atoms with van der Waals surface area (Å²) < 4.78 is 15.5. The Morgan fingerprint density at radius 3 is 2.41 bits per heavy atom. The van der Waals surface area contributed by atoms with Crippen LogP contribution in [0.25, 0.3) is 0 Å². The van der Waals surface area contributed by atoms with E-state index in [1.165, 1.54) is 14.2 Å². The number of halogens is 1. The molecule has 0 heterocycles. The smallest absolute Gasteiger partial charge is 0.407 e. The van der Waals surface area contributed by atoms with Gasteiger partial charge in [-0.25, -0.2) is 4.79 Å². The lowest BCUT2D eigenvalue weighted by molar-refractivity contribution is -0.137. The fraction of sp³-hybridized carbons (Fsp3) is 0.263. The first-order valence-electron chi connectivity index (χ1n) is 8.05. The summed E-state index contributed by atoms with van der Waals surface area (Å²) in [5.74, 6) is -0.451. The third-order valence-electron chi connectivity index (χ3n) is 3.77. The van der Waals surface area contributed by atoms with Crippen LogP contribution in [0.2, 0.25) is 5.02 Å². The molecule has 1 amide bonds. The third-order valence-corrected chi connectivity index (χ3v) is 4.16. The second-order valence-corrected chi connectivity index (χ2v) is 5.94. The number of carbonyl (C=O) groups is 2. The van der Waals surface area contributed by atoms with Crippen molar-refractivity contribution in [2.75, 3.05) is 14.2 Å². The molecule has 2 aromatic carbocycles. The quantitative estimate of drug-likeness (QED) is 0.708. The first-order valence-corrected chi connectivity index (χ1v) is 8.43. The normalized spacial score (nSPS) is 11.4. The Bertz CT molecular complexity index is 796. The zero-order valence-electron chi connectivity index (χ0n) is 14.9. The van der Waals surface area contributed by atoms with E-state index in [1.807, 2.05) is 30.3 Å². The van der Waals surface area contributed by atoms with Gasteiger partial charge in [0.1, 0.15) is 6.61 Å². The van der Waals surface area contributed by atoms with Crippen molar-refractivity contribution < 1.29 is 28.9 Å². The van der Waals surface area contributed by atoms with Crippen LogP contribution in [-0.4, -0.2) is 31.4 Å². The molecular weight excluding hydrogens is 374 g/mol. The fourth-order valence-corrected chi connectivity index (χ4v) is 2.86. The van der Waals surface area contributed by atoms with Crippen LogP contribution in [0.15, 0.2) is 42.5 Å². The van der Waals surface area contributed by atoms with Crippen molar-refractivity contribution in [3.05, 3.63) is 58.6 Å². The van der Waals surface area contributed by atoms with Crippen LogP contribution in [0, 0.1) is 0 Å². The Kier molecular flexibility index (Phi) is 7.31. The van der Waals surface area contributed by atoms with Crippen LogP contribution in [0.3, 0.4) is 0 Å². The molecule has 0 unspecified atom stereocenters. The van der Waals surface area contributed by atoms with Gasteiger partial charge in [0.25, 0.3) is 0 Å². The van der Waals surface area contributed by atoms with Gasteiger partial charge < -0.3 is 24.6 Å². The van der Waals surface area contributed by atoms with E-state index >= 15 is 0 Å². The van der Waals surface area contributed by atoms with Crippen molar-refractivity contribution in [3.63, 3.8) is 0 Å². The predicted octanol–water partition coefficient (Wildman–Crippen LogP) is 3.80. The summed E-state index contributed by atoms with van der Waals surface area (Å²) in [5, 5.41) is 11.9. The Morgan fingerprint density at radius 2 is 1.81 bits per heavy atom. The van der Waals surface area contributed by atoms with Gasteiger partial charge in [-0.3, -0.25) is 4.79 Å². The SMILES string of the molecule is COc1ccc([C@@H](CC(=O)O)NC(=O)OCc2ccccc2)c(Cl)c1OC. The van der Waals surface area contributed by atoms with Crippen molar-refractivity contribution in [1.82, 2.24) is 5.32 Å². The topological polar surface area (TPSA) is 94.1 Å². The predicted molar refractivity (Wildman–Crippen MR) is 99.3 cm³/mol. The van der Waals surface area contributed by atoms with Gasteiger partial charge >= 0.3 is 12.1 Å². The number of aliphatic carboxylic acids is 1. The van der Waals surface area contributed by atoms with E-state index in [4.69, 9.17) is 25.8 Å². The average Bonchev–Trinajstić information content (AvgIpc) is 2.66. The lowest BCUT2D eigenvalue weighted by atomic mass is 10.0. The molecule has 0 saturated heterocycles. The van der Waals surface area contributed by atoms with Gasteiger partial charge in [0, 0.05) is 0 Å². The molecule has 0 aliphatic heterocycles. The van der Waals surface area contributed by atoms with Crippen molar-refractivity contribution >= 4 is 23.7 Å². The fourth-order valence-electron chi connectivity index (χ4n) is 2.49. The first-order chi connectivity index (χ1) is 13.0. The van der Waals surface area contributed by atoms with Crippen LogP contribution in [0.1, 0.15) is 23.6 Å². The Hall–Kier alpha value is -2.93. The lowest BCUT2D eigenvalue weighted by Crippen LogP contribution is -2.31. The first kappa shape index (κ1) is 20.4. The molecule has 144 valence electrons. The number of benzene rings is 2. The van der Waals surface area contributed by atoms with Crippen LogP contribution in [0.5, 0.6) is 11.5 Å². The van der Waals surface area contributed by atoms with Gasteiger partial charge in [0.2, 0.25) is 0 Å². The molecule has 27 heavy (non-hydrogen) atoms. The standard InChI is InChI=1S/C19H20ClNO6/c1-25-15-9-8-13(17(20)18(15)26-2)14(10-16(22)23)21-19(24)27-11-12-6-4-3-5-7-12/h3-9,14H,10-11H2,1-2H3,(H,21,24)(H,22,23)/t14-/m1/s1. The summed E-state index contributed by atoms with van der Waals surface area (Å²) >= 11 is 6.34. The average molecular weight is 394 g/mol. The highest BCUT2D eigenvalue weighted by Gasteiger charge is 2.24. The Balaban J connectivity index is 2.17. The van der Waals surface area contributed by atoms with Crippen LogP contribution < -0.4 is 14.8 Å². The number of rotatable bonds is 8. The summed E-state index contributed by atoms with van der Waals surface area (Å²) in [7, 11) is 2.88. The van der Waals surface area contributed by atoms with E-state index in [2.05, 4.69) is 5.32 Å². The largest absolute Gasteiger partial charge is 0.493 e. The van der Waals surface area contributed by atoms with Crippen molar-refractivity contribution in [3.8, 4) is 11.5 Å². The zero-order chi connectivity index (χ0) is 19.8. The highest BCUT2D eigenvalue weighted by atomic mass is 35.5. The molecule has 0 saturated carbocycles. The monoisotopic (exact) mass is 393 g/mol. The summed E-state index contributed by atoms with van der Waals surface area (Å²) in [5.41, 5.74) is 1.19. The minimum absolute atomic E-state index is 0.0616. The summed E-state index contributed by atoms with van der Waals surface area (Å²) in [6.07, 6.45) is -1.13. The molecular formula is C19H20ClNO6. The molecule has 0 fully saturated rings. The maximum atomic E-state index is 12.1. The number of hydrogen-bond acceptors (Lipinski definition) is 5. The van der Waals surface area contributed by atoms with Gasteiger partial charge in [-0.1, -0.05) is 48.0 Å². The molecule has 0 radical (unpaired) electrons. The Labute approximate surface area is 161 Å². The number of nitrogens with one attached hydrogen (secondary N) is 1. The molecule has 0 aromatic heterocycles. The minimum atomic E-state index is -1.10. The number of carboxylic acid groups (broad SMARTS) is 1. The van der Waals surface area contributed by atoms with Gasteiger partial charge in [-0.15, -0.1) is 0 Å². The number of carbonyl (C=O) groups excluding carboxylic acids is 1. The van der Waals surface area contributed by atoms with Crippen molar-refractivity contribution in [2.45, 2.75) is 19.1 Å². The summed E-state index contributed by atoms with van der Waals surface area (Å²) in [6.45, 7) is 0.0616. The van der Waals surface area contributed by atoms with Crippen LogP contribution in [0.4, 0.5) is 4.79 Å². The second kappa shape index (κ2) is 9.68. The van der Waals surface area contributed by atoms with Gasteiger partial charge in [0.15, 0.2) is 11.5 Å². The maximum Gasteiger partial charge on any atom is 0.407 e.